The van der Waals surface area contributed by atoms with Crippen LogP contribution < -0.4 is 4.74 Å². The van der Waals surface area contributed by atoms with E-state index in [1.165, 1.54) is 45.2 Å². The minimum atomic E-state index is -1.09. The van der Waals surface area contributed by atoms with Crippen LogP contribution >= 0.6 is 11.6 Å². The zero-order chi connectivity index (χ0) is 27.2. The summed E-state index contributed by atoms with van der Waals surface area (Å²) in [4.78, 5) is 36.6. The molecule has 0 spiro atoms. The number of halogens is 1. The summed E-state index contributed by atoms with van der Waals surface area (Å²) in [5, 5.41) is 21.1. The summed E-state index contributed by atoms with van der Waals surface area (Å²) in [6.07, 6.45) is 10.1. The maximum Gasteiger partial charge on any atom is 0.302 e. The number of amides is 1. The number of benzene rings is 1. The average Bonchev–Trinajstić information content (AvgIpc) is 2.86. The molecule has 208 valence electrons. The number of hydrogen-bond acceptors (Lipinski definition) is 7. The van der Waals surface area contributed by atoms with E-state index in [9.17, 15) is 24.8 Å². The van der Waals surface area contributed by atoms with Crippen LogP contribution in [0, 0.1) is 10.1 Å². The molecule has 9 nitrogen and oxygen atoms in total. The molecule has 1 aromatic carbocycles. The van der Waals surface area contributed by atoms with Gasteiger partial charge in [0.25, 0.3) is 5.69 Å². The van der Waals surface area contributed by atoms with Gasteiger partial charge in [-0.05, 0) is 51.5 Å². The average molecular weight is 541 g/mol. The standard InChI is InChI=1S/C27H41ClN2O7/c1-20(31)26-23(30(34)35)15-16-24(27(26)28)37-19-10-4-3-8-14-25(33)29(22-12-6-5-7-13-22)17-9-11-18-36-21(2)32/h15-16,20,22,31H,3-14,17-19H2,1-2H3. The Kier molecular flexibility index (Phi) is 13.7. The van der Waals surface area contributed by atoms with E-state index in [-0.39, 0.29) is 28.1 Å². The van der Waals surface area contributed by atoms with E-state index in [1.807, 2.05) is 0 Å². The summed E-state index contributed by atoms with van der Waals surface area (Å²) in [5.74, 6) is 0.250. The molecule has 0 saturated heterocycles. The van der Waals surface area contributed by atoms with Crippen LogP contribution in [0.5, 0.6) is 5.75 Å². The lowest BCUT2D eigenvalue weighted by molar-refractivity contribution is -0.386. The fourth-order valence-electron chi connectivity index (χ4n) is 4.79. The minimum Gasteiger partial charge on any atom is -0.492 e. The molecule has 0 aromatic heterocycles. The van der Waals surface area contributed by atoms with Crippen molar-refractivity contribution in [3.63, 3.8) is 0 Å². The first-order valence-electron chi connectivity index (χ1n) is 13.4. The summed E-state index contributed by atoms with van der Waals surface area (Å²) < 4.78 is 10.7. The molecular formula is C27H41ClN2O7. The Balaban J connectivity index is 1.73. The van der Waals surface area contributed by atoms with Crippen molar-refractivity contribution in [3.05, 3.63) is 32.8 Å². The monoisotopic (exact) mass is 540 g/mol. The third kappa shape index (κ3) is 10.5. The van der Waals surface area contributed by atoms with Crippen molar-refractivity contribution in [2.45, 2.75) is 103 Å². The van der Waals surface area contributed by atoms with Gasteiger partial charge in [-0.3, -0.25) is 19.7 Å². The highest BCUT2D eigenvalue weighted by atomic mass is 35.5. The van der Waals surface area contributed by atoms with Crippen molar-refractivity contribution in [1.29, 1.82) is 0 Å². The second-order valence-electron chi connectivity index (χ2n) is 9.68. The molecule has 0 heterocycles. The van der Waals surface area contributed by atoms with Gasteiger partial charge >= 0.3 is 5.97 Å². The molecule has 0 radical (unpaired) electrons. The van der Waals surface area contributed by atoms with Crippen molar-refractivity contribution < 1.29 is 29.1 Å². The molecule has 0 aliphatic heterocycles. The van der Waals surface area contributed by atoms with E-state index in [0.717, 1.165) is 51.4 Å². The first-order valence-corrected chi connectivity index (χ1v) is 13.8. The number of nitro groups is 1. The summed E-state index contributed by atoms with van der Waals surface area (Å²) in [6, 6.07) is 3.07. The van der Waals surface area contributed by atoms with E-state index in [4.69, 9.17) is 21.1 Å². The molecule has 2 rings (SSSR count). The molecule has 1 saturated carbocycles. The molecule has 1 aliphatic carbocycles. The zero-order valence-corrected chi connectivity index (χ0v) is 22.8. The first-order chi connectivity index (χ1) is 17.7. The van der Waals surface area contributed by atoms with Crippen molar-refractivity contribution in [3.8, 4) is 5.75 Å². The second-order valence-corrected chi connectivity index (χ2v) is 10.1. The molecule has 1 aliphatic rings. The largest absolute Gasteiger partial charge is 0.492 e. The number of esters is 1. The highest BCUT2D eigenvalue weighted by molar-refractivity contribution is 6.33. The van der Waals surface area contributed by atoms with Crippen molar-refractivity contribution in [1.82, 2.24) is 4.90 Å². The third-order valence-corrected chi connectivity index (χ3v) is 7.10. The first kappa shape index (κ1) is 30.8. The van der Waals surface area contributed by atoms with Gasteiger partial charge in [0.05, 0.1) is 34.8 Å². The van der Waals surface area contributed by atoms with Crippen LogP contribution in [0.15, 0.2) is 12.1 Å². The number of carbonyl (C=O) groups is 2. The Labute approximate surface area is 224 Å². The molecule has 1 amide bonds. The molecular weight excluding hydrogens is 500 g/mol. The molecule has 1 aromatic rings. The number of unbranched alkanes of at least 4 members (excludes halogenated alkanes) is 4. The van der Waals surface area contributed by atoms with Crippen LogP contribution in [0.2, 0.25) is 5.02 Å². The highest BCUT2D eigenvalue weighted by Crippen LogP contribution is 2.38. The van der Waals surface area contributed by atoms with Gasteiger partial charge in [0, 0.05) is 32.0 Å². The van der Waals surface area contributed by atoms with Crippen LogP contribution in [0.1, 0.15) is 103 Å². The third-order valence-electron chi connectivity index (χ3n) is 6.71. The van der Waals surface area contributed by atoms with E-state index < -0.39 is 11.0 Å². The van der Waals surface area contributed by atoms with E-state index in [0.29, 0.717) is 38.0 Å². The lowest BCUT2D eigenvalue weighted by Gasteiger charge is -2.34. The van der Waals surface area contributed by atoms with Crippen LogP contribution in [-0.4, -0.2) is 52.6 Å². The fraction of sp³-hybridized carbons (Fsp3) is 0.704. The van der Waals surface area contributed by atoms with Gasteiger partial charge < -0.3 is 19.5 Å². The SMILES string of the molecule is CC(=O)OCCCCN(C(=O)CCCCCCOc1ccc([N+](=O)[O-])c(C(C)O)c1Cl)C1CCCCC1. The Morgan fingerprint density at radius 1 is 1.11 bits per heavy atom. The van der Waals surface area contributed by atoms with Gasteiger partial charge in [-0.15, -0.1) is 0 Å². The molecule has 1 unspecified atom stereocenters. The number of aliphatic hydroxyl groups excluding tert-OH is 1. The van der Waals surface area contributed by atoms with Crippen molar-refractivity contribution in [2.75, 3.05) is 19.8 Å². The Bertz CT molecular complexity index is 888. The Morgan fingerprint density at radius 2 is 1.78 bits per heavy atom. The number of rotatable bonds is 16. The summed E-state index contributed by atoms with van der Waals surface area (Å²) in [7, 11) is 0. The van der Waals surface area contributed by atoms with Crippen molar-refractivity contribution >= 4 is 29.2 Å². The van der Waals surface area contributed by atoms with E-state index in [1.54, 1.807) is 0 Å². The molecule has 0 bridgehead atoms. The lowest BCUT2D eigenvalue weighted by atomic mass is 9.93. The lowest BCUT2D eigenvalue weighted by Crippen LogP contribution is -2.42. The number of ether oxygens (including phenoxy) is 2. The summed E-state index contributed by atoms with van der Waals surface area (Å²) >= 11 is 6.26. The van der Waals surface area contributed by atoms with Crippen LogP contribution in [0.3, 0.4) is 0 Å². The Hall–Kier alpha value is -2.39. The summed E-state index contributed by atoms with van der Waals surface area (Å²) in [5.41, 5.74) is -0.180. The molecule has 1 atom stereocenters. The summed E-state index contributed by atoms with van der Waals surface area (Å²) in [6.45, 7) is 4.33. The molecule has 37 heavy (non-hydrogen) atoms. The fourth-order valence-corrected chi connectivity index (χ4v) is 5.16. The second kappa shape index (κ2) is 16.5. The predicted molar refractivity (Wildman–Crippen MR) is 142 cm³/mol. The van der Waals surface area contributed by atoms with Gasteiger partial charge in [-0.1, -0.05) is 43.7 Å². The number of nitrogens with zero attached hydrogens (tertiary/aromatic N) is 2. The molecule has 1 fully saturated rings. The number of hydrogen-bond donors (Lipinski definition) is 1. The zero-order valence-electron chi connectivity index (χ0n) is 22.1. The number of aliphatic hydroxyl groups is 1. The van der Waals surface area contributed by atoms with E-state index in [2.05, 4.69) is 4.90 Å². The molecule has 10 heteroatoms. The van der Waals surface area contributed by atoms with Gasteiger partial charge in [-0.25, -0.2) is 0 Å². The Morgan fingerprint density at radius 3 is 2.43 bits per heavy atom. The van der Waals surface area contributed by atoms with Gasteiger partial charge in [0.15, 0.2) is 0 Å². The number of nitro benzene ring substituents is 1. The van der Waals surface area contributed by atoms with Crippen LogP contribution in [0.25, 0.3) is 0 Å². The van der Waals surface area contributed by atoms with Crippen molar-refractivity contribution in [2.24, 2.45) is 0 Å². The number of carbonyl (C=O) groups excluding carboxylic acids is 2. The highest BCUT2D eigenvalue weighted by Gasteiger charge is 2.25. The minimum absolute atomic E-state index is 0.0524. The molecule has 1 N–H and O–H groups in total. The van der Waals surface area contributed by atoms with Gasteiger partial charge in [0.1, 0.15) is 5.75 Å². The van der Waals surface area contributed by atoms with Gasteiger partial charge in [-0.2, -0.15) is 0 Å². The van der Waals surface area contributed by atoms with E-state index >= 15 is 0 Å². The van der Waals surface area contributed by atoms with Crippen LogP contribution in [-0.2, 0) is 14.3 Å². The quantitative estimate of drug-likeness (QED) is 0.116. The van der Waals surface area contributed by atoms with Crippen LogP contribution in [0.4, 0.5) is 5.69 Å². The topological polar surface area (TPSA) is 119 Å². The maximum absolute atomic E-state index is 13.0. The normalized spacial score (nSPS) is 14.7. The maximum atomic E-state index is 13.0. The smallest absolute Gasteiger partial charge is 0.302 e. The predicted octanol–water partition coefficient (Wildman–Crippen LogP) is 6.14. The van der Waals surface area contributed by atoms with Gasteiger partial charge in [0.2, 0.25) is 5.91 Å².